The van der Waals surface area contributed by atoms with Gasteiger partial charge in [0, 0.05) is 26.3 Å². The predicted molar refractivity (Wildman–Crippen MR) is 88.8 cm³/mol. The van der Waals surface area contributed by atoms with E-state index in [1.807, 2.05) is 24.3 Å². The van der Waals surface area contributed by atoms with Crippen molar-refractivity contribution in [2.24, 2.45) is 0 Å². The summed E-state index contributed by atoms with van der Waals surface area (Å²) in [6, 6.07) is 14.2. The second-order valence-corrected chi connectivity index (χ2v) is 5.57. The van der Waals surface area contributed by atoms with Crippen LogP contribution in [0.4, 0.5) is 0 Å². The number of rotatable bonds is 4. The van der Waals surface area contributed by atoms with Crippen molar-refractivity contribution in [2.75, 3.05) is 14.1 Å². The number of carbonyl (C=O) groups excluding carboxylic acids is 1. The Hall–Kier alpha value is -2.03. The number of nitrogens with zero attached hydrogens (tertiary/aromatic N) is 2. The van der Waals surface area contributed by atoms with Gasteiger partial charge >= 0.3 is 0 Å². The van der Waals surface area contributed by atoms with E-state index >= 15 is 0 Å². The lowest BCUT2D eigenvalue weighted by Gasteiger charge is -2.17. The fourth-order valence-electron chi connectivity index (χ4n) is 2.35. The molecule has 3 heteroatoms. The Labute approximate surface area is 128 Å². The Kier molecular flexibility index (Phi) is 5.77. The zero-order chi connectivity index (χ0) is 14.7. The molecule has 0 aliphatic heterocycles. The van der Waals surface area contributed by atoms with Crippen LogP contribution in [0.15, 0.2) is 42.5 Å². The van der Waals surface area contributed by atoms with E-state index in [0.29, 0.717) is 5.92 Å². The van der Waals surface area contributed by atoms with Crippen molar-refractivity contribution in [1.82, 2.24) is 9.47 Å². The van der Waals surface area contributed by atoms with Crippen molar-refractivity contribution >= 4 is 5.91 Å². The van der Waals surface area contributed by atoms with Gasteiger partial charge in [0.15, 0.2) is 0 Å². The van der Waals surface area contributed by atoms with Crippen LogP contribution in [0.1, 0.15) is 48.9 Å². The van der Waals surface area contributed by atoms with E-state index in [2.05, 4.69) is 36.6 Å². The molecular weight excluding hydrogens is 260 g/mol. The molecule has 1 amide bonds. The van der Waals surface area contributed by atoms with Crippen molar-refractivity contribution < 1.29 is 4.79 Å². The van der Waals surface area contributed by atoms with Gasteiger partial charge in [-0.3, -0.25) is 4.79 Å². The van der Waals surface area contributed by atoms with Crippen LogP contribution < -0.4 is 0 Å². The smallest absolute Gasteiger partial charge is 0.269 e. The summed E-state index contributed by atoms with van der Waals surface area (Å²) in [5.41, 5.74) is 3.15. The van der Waals surface area contributed by atoms with Gasteiger partial charge in [0.2, 0.25) is 0 Å². The number of carbonyl (C=O) groups is 1. The average Bonchev–Trinajstić information content (AvgIpc) is 2.82. The lowest BCUT2D eigenvalue weighted by atomic mass is 10.1. The Morgan fingerprint density at radius 3 is 2.24 bits per heavy atom. The van der Waals surface area contributed by atoms with E-state index in [9.17, 15) is 4.79 Å². The summed E-state index contributed by atoms with van der Waals surface area (Å²) in [7, 11) is 3.58. The lowest BCUT2D eigenvalue weighted by molar-refractivity contribution is 0.0817. The first-order valence-corrected chi connectivity index (χ1v) is 6.95. The van der Waals surface area contributed by atoms with Gasteiger partial charge in [-0.25, -0.2) is 0 Å². The highest BCUT2D eigenvalue weighted by Crippen LogP contribution is 2.21. The predicted octanol–water partition coefficient (Wildman–Crippen LogP) is 4.00. The monoisotopic (exact) mass is 286 g/mol. The minimum atomic E-state index is 0. The summed E-state index contributed by atoms with van der Waals surface area (Å²) < 4.78 is 2.13. The van der Waals surface area contributed by atoms with Crippen molar-refractivity contribution in [3.05, 3.63) is 59.4 Å². The van der Waals surface area contributed by atoms with E-state index in [1.165, 1.54) is 11.3 Å². The Morgan fingerprint density at radius 2 is 1.71 bits per heavy atom. The van der Waals surface area contributed by atoms with Crippen LogP contribution in [0.3, 0.4) is 0 Å². The molecule has 21 heavy (non-hydrogen) atoms. The molecule has 0 aliphatic rings. The maximum absolute atomic E-state index is 12.3. The van der Waals surface area contributed by atoms with E-state index in [1.54, 1.807) is 19.0 Å². The molecule has 0 saturated carbocycles. The van der Waals surface area contributed by atoms with Crippen LogP contribution in [-0.2, 0) is 6.54 Å². The molecule has 0 aliphatic carbocycles. The number of hydrogen-bond acceptors (Lipinski definition) is 1. The largest absolute Gasteiger partial charge is 0.343 e. The van der Waals surface area contributed by atoms with Crippen molar-refractivity contribution in [1.29, 1.82) is 0 Å². The van der Waals surface area contributed by atoms with Crippen molar-refractivity contribution in [3.8, 4) is 0 Å². The molecule has 0 saturated heterocycles. The molecule has 0 unspecified atom stereocenters. The molecule has 3 nitrogen and oxygen atoms in total. The maximum Gasteiger partial charge on any atom is 0.269 e. The van der Waals surface area contributed by atoms with Crippen molar-refractivity contribution in [2.45, 2.75) is 33.7 Å². The maximum atomic E-state index is 12.3. The molecule has 0 atom stereocenters. The van der Waals surface area contributed by atoms with Gasteiger partial charge < -0.3 is 9.47 Å². The van der Waals surface area contributed by atoms with Gasteiger partial charge in [0.05, 0.1) is 0 Å². The van der Waals surface area contributed by atoms with Gasteiger partial charge in [-0.2, -0.15) is 0 Å². The van der Waals surface area contributed by atoms with Crippen molar-refractivity contribution in [3.63, 3.8) is 0 Å². The van der Waals surface area contributed by atoms with Crippen LogP contribution in [0, 0.1) is 0 Å². The standard InChI is InChI=1S/C17H22N2O.CH4/c1-13(2)15-10-11-16(17(20)18(3)4)19(15)12-14-8-6-5-7-9-14;/h5-11,13H,12H2,1-4H3;1H4. The van der Waals surface area contributed by atoms with Crippen LogP contribution in [0.2, 0.25) is 0 Å². The summed E-state index contributed by atoms with van der Waals surface area (Å²) in [5, 5.41) is 0. The first-order chi connectivity index (χ1) is 9.50. The second kappa shape index (κ2) is 7.11. The van der Waals surface area contributed by atoms with E-state index in [0.717, 1.165) is 12.2 Å². The number of amides is 1. The molecule has 1 heterocycles. The van der Waals surface area contributed by atoms with Gasteiger partial charge in [-0.15, -0.1) is 0 Å². The van der Waals surface area contributed by atoms with E-state index in [-0.39, 0.29) is 13.3 Å². The van der Waals surface area contributed by atoms with Crippen LogP contribution in [0.25, 0.3) is 0 Å². The van der Waals surface area contributed by atoms with Gasteiger partial charge in [0.1, 0.15) is 5.69 Å². The molecule has 0 radical (unpaired) electrons. The molecule has 114 valence electrons. The molecule has 0 N–H and O–H groups in total. The number of benzene rings is 1. The zero-order valence-electron chi connectivity index (χ0n) is 12.6. The molecule has 1 aromatic carbocycles. The Balaban J connectivity index is 0.00000220. The third-order valence-corrected chi connectivity index (χ3v) is 3.41. The fraction of sp³-hybridized carbons (Fsp3) is 0.389. The molecule has 0 bridgehead atoms. The van der Waals surface area contributed by atoms with Gasteiger partial charge in [0.25, 0.3) is 5.91 Å². The Bertz CT molecular complexity index is 583. The normalized spacial score (nSPS) is 10.3. The average molecular weight is 286 g/mol. The fourth-order valence-corrected chi connectivity index (χ4v) is 2.35. The second-order valence-electron chi connectivity index (χ2n) is 5.57. The summed E-state index contributed by atoms with van der Waals surface area (Å²) in [5.74, 6) is 0.440. The molecule has 0 fully saturated rings. The molecular formula is C18H26N2O. The number of aromatic nitrogens is 1. The van der Waals surface area contributed by atoms with Crippen LogP contribution in [0.5, 0.6) is 0 Å². The first kappa shape index (κ1) is 17.0. The Morgan fingerprint density at radius 1 is 1.10 bits per heavy atom. The van der Waals surface area contributed by atoms with Crippen LogP contribution >= 0.6 is 0 Å². The van der Waals surface area contributed by atoms with Gasteiger partial charge in [-0.1, -0.05) is 51.6 Å². The highest BCUT2D eigenvalue weighted by Gasteiger charge is 2.18. The number of hydrogen-bond donors (Lipinski definition) is 0. The third-order valence-electron chi connectivity index (χ3n) is 3.41. The van der Waals surface area contributed by atoms with Gasteiger partial charge in [-0.05, 0) is 23.6 Å². The molecule has 0 spiro atoms. The summed E-state index contributed by atoms with van der Waals surface area (Å²) >= 11 is 0. The summed E-state index contributed by atoms with van der Waals surface area (Å²) in [6.07, 6.45) is 0. The highest BCUT2D eigenvalue weighted by atomic mass is 16.2. The SMILES string of the molecule is C.CC(C)c1ccc(C(=O)N(C)C)n1Cc1ccccc1. The topological polar surface area (TPSA) is 25.2 Å². The molecule has 2 rings (SSSR count). The lowest BCUT2D eigenvalue weighted by Crippen LogP contribution is -2.25. The van der Waals surface area contributed by atoms with E-state index in [4.69, 9.17) is 0 Å². The first-order valence-electron chi connectivity index (χ1n) is 6.95. The molecule has 2 aromatic rings. The minimum Gasteiger partial charge on any atom is -0.343 e. The van der Waals surface area contributed by atoms with E-state index < -0.39 is 0 Å². The summed E-state index contributed by atoms with van der Waals surface area (Å²) in [6.45, 7) is 5.04. The zero-order valence-corrected chi connectivity index (χ0v) is 12.6. The quantitative estimate of drug-likeness (QED) is 0.834. The third kappa shape index (κ3) is 3.75. The minimum absolute atomic E-state index is 0. The highest BCUT2D eigenvalue weighted by molar-refractivity contribution is 5.92. The molecule has 1 aromatic heterocycles. The summed E-state index contributed by atoms with van der Waals surface area (Å²) in [4.78, 5) is 13.9. The van der Waals surface area contributed by atoms with Crippen LogP contribution in [-0.4, -0.2) is 29.5 Å².